The molecule has 4 rings (SSSR count). The molecule has 1 aromatic carbocycles. The van der Waals surface area contributed by atoms with E-state index in [0.29, 0.717) is 24.2 Å². The number of carbonyl (C=O) groups is 4. The molecule has 1 saturated heterocycles. The second-order valence-corrected chi connectivity index (χ2v) is 8.23. The Morgan fingerprint density at radius 2 is 1.82 bits per heavy atom. The number of anilines is 1. The molecule has 1 atom stereocenters. The zero-order chi connectivity index (χ0) is 28.6. The number of fused-ring (bicyclic) bond motifs is 1. The second-order valence-electron chi connectivity index (χ2n) is 8.23. The van der Waals surface area contributed by atoms with Crippen LogP contribution in [0.2, 0.25) is 0 Å². The number of amides is 6. The number of nitrogens with zero attached hydrogens (tertiary/aromatic N) is 2. The van der Waals surface area contributed by atoms with Crippen LogP contribution >= 0.6 is 0 Å². The molecule has 10 nitrogen and oxygen atoms in total. The van der Waals surface area contributed by atoms with Gasteiger partial charge in [-0.05, 0) is 42.3 Å². The maximum Gasteiger partial charge on any atom is 0.322 e. The smallest absolute Gasteiger partial charge is 0.322 e. The molecular formula is C27H32FN5O5. The standard InChI is InChI=1S/C14H12N4O3.C11H14FNO2.C2H6/c1-18-7-9-6-8(2-4-10(9)16-14(18)21)3-5-11-12(19)17-13(20)15-11;1-5-8(15-4)10(12)9-7(2)6-13(3)11(9)14;1-2/h2,4,6,11H,7H2,1H3,(H,16,21)(H2,15,17,19,20);5H,1,6H2,2-4H3;1-2H3/b;10-8-;/t11-;;/m0../s1. The maximum absolute atomic E-state index is 13.8. The van der Waals surface area contributed by atoms with Crippen LogP contribution in [-0.2, 0) is 20.9 Å². The number of benzene rings is 1. The van der Waals surface area contributed by atoms with Gasteiger partial charge in [0.15, 0.2) is 17.6 Å². The minimum atomic E-state index is -0.823. The Kier molecular flexibility index (Phi) is 10.2. The molecule has 6 amide bonds. The summed E-state index contributed by atoms with van der Waals surface area (Å²) >= 11 is 0. The molecule has 0 spiro atoms. The highest BCUT2D eigenvalue weighted by Crippen LogP contribution is 2.28. The van der Waals surface area contributed by atoms with Crippen molar-refractivity contribution in [3.63, 3.8) is 0 Å². The molecule has 0 aliphatic carbocycles. The third-order valence-corrected chi connectivity index (χ3v) is 5.54. The van der Waals surface area contributed by atoms with Crippen molar-refractivity contribution in [1.29, 1.82) is 0 Å². The summed E-state index contributed by atoms with van der Waals surface area (Å²) < 4.78 is 18.6. The number of ether oxygens (including phenoxy) is 1. The fourth-order valence-electron chi connectivity index (χ4n) is 3.68. The Labute approximate surface area is 221 Å². The topological polar surface area (TPSA) is 120 Å². The Morgan fingerprint density at radius 3 is 2.34 bits per heavy atom. The van der Waals surface area contributed by atoms with E-state index in [1.807, 2.05) is 19.9 Å². The van der Waals surface area contributed by atoms with Crippen LogP contribution in [0.3, 0.4) is 0 Å². The molecule has 0 bridgehead atoms. The monoisotopic (exact) mass is 525 g/mol. The van der Waals surface area contributed by atoms with Crippen LogP contribution in [0.25, 0.3) is 0 Å². The molecule has 3 aliphatic heterocycles. The summed E-state index contributed by atoms with van der Waals surface area (Å²) in [5.74, 6) is 4.16. The van der Waals surface area contributed by atoms with E-state index in [4.69, 9.17) is 4.74 Å². The van der Waals surface area contributed by atoms with Crippen molar-refractivity contribution in [2.24, 2.45) is 0 Å². The van der Waals surface area contributed by atoms with E-state index in [-0.39, 0.29) is 23.3 Å². The number of allylic oxidation sites excluding steroid dienone is 1. The zero-order valence-corrected chi connectivity index (χ0v) is 22.3. The van der Waals surface area contributed by atoms with Crippen LogP contribution in [-0.4, -0.2) is 67.5 Å². The van der Waals surface area contributed by atoms with Crippen LogP contribution in [0.5, 0.6) is 0 Å². The van der Waals surface area contributed by atoms with Crippen molar-refractivity contribution in [3.05, 3.63) is 64.7 Å². The number of imide groups is 1. The minimum absolute atomic E-state index is 0.00648. The predicted molar refractivity (Wildman–Crippen MR) is 141 cm³/mol. The minimum Gasteiger partial charge on any atom is -0.494 e. The molecule has 1 fully saturated rings. The van der Waals surface area contributed by atoms with E-state index >= 15 is 0 Å². The molecule has 3 heterocycles. The third kappa shape index (κ3) is 6.79. The van der Waals surface area contributed by atoms with Crippen LogP contribution in [0.4, 0.5) is 19.7 Å². The van der Waals surface area contributed by atoms with Crippen LogP contribution in [0, 0.1) is 11.8 Å². The van der Waals surface area contributed by atoms with Gasteiger partial charge in [-0.25, -0.2) is 14.0 Å². The summed E-state index contributed by atoms with van der Waals surface area (Å²) in [6, 6.07) is 3.88. The summed E-state index contributed by atoms with van der Waals surface area (Å²) in [5.41, 5.74) is 3.22. The largest absolute Gasteiger partial charge is 0.494 e. The molecular weight excluding hydrogens is 493 g/mol. The Bertz CT molecular complexity index is 1270. The fraction of sp³-hybridized carbons (Fsp3) is 0.333. The van der Waals surface area contributed by atoms with Gasteiger partial charge in [0.25, 0.3) is 11.8 Å². The van der Waals surface area contributed by atoms with Crippen LogP contribution < -0.4 is 16.0 Å². The normalized spacial score (nSPS) is 18.3. The molecule has 0 radical (unpaired) electrons. The summed E-state index contributed by atoms with van der Waals surface area (Å²) in [4.78, 5) is 48.5. The number of likely N-dealkylation sites (N-methyl/N-ethyl adjacent to an activating group) is 1. The molecule has 0 unspecified atom stereocenters. The third-order valence-electron chi connectivity index (χ3n) is 5.54. The van der Waals surface area contributed by atoms with Gasteiger partial charge in [-0.3, -0.25) is 14.9 Å². The number of halogens is 1. The number of carbonyl (C=O) groups excluding carboxylic acids is 4. The molecule has 3 aliphatic rings. The Hall–Kier alpha value is -4.59. The highest BCUT2D eigenvalue weighted by atomic mass is 19.1. The van der Waals surface area contributed by atoms with E-state index in [1.165, 1.54) is 18.1 Å². The molecule has 3 N–H and O–H groups in total. The van der Waals surface area contributed by atoms with Gasteiger partial charge in [0.2, 0.25) is 0 Å². The molecule has 202 valence electrons. The maximum atomic E-state index is 13.8. The lowest BCUT2D eigenvalue weighted by Gasteiger charge is -2.25. The van der Waals surface area contributed by atoms with E-state index in [0.717, 1.165) is 11.3 Å². The van der Waals surface area contributed by atoms with Gasteiger partial charge in [-0.2, -0.15) is 0 Å². The van der Waals surface area contributed by atoms with Gasteiger partial charge in [0.1, 0.15) is 0 Å². The molecule has 11 heteroatoms. The summed E-state index contributed by atoms with van der Waals surface area (Å²) in [5, 5.41) is 7.29. The van der Waals surface area contributed by atoms with Crippen molar-refractivity contribution in [3.8, 4) is 11.8 Å². The quantitative estimate of drug-likeness (QED) is 0.243. The molecule has 1 aromatic rings. The number of urea groups is 2. The van der Waals surface area contributed by atoms with E-state index in [1.54, 1.807) is 38.1 Å². The lowest BCUT2D eigenvalue weighted by atomic mass is 10.1. The Morgan fingerprint density at radius 1 is 1.13 bits per heavy atom. The lowest BCUT2D eigenvalue weighted by Crippen LogP contribution is -2.35. The Balaban J connectivity index is 0.000000264. The number of hydrogen-bond acceptors (Lipinski definition) is 5. The van der Waals surface area contributed by atoms with Crippen LogP contribution in [0.1, 0.15) is 31.9 Å². The molecule has 38 heavy (non-hydrogen) atoms. The van der Waals surface area contributed by atoms with Gasteiger partial charge in [0.05, 0.1) is 12.7 Å². The SMILES string of the molecule is C=C/C(OC)=C(/F)C1=C(C)CN(C)C1=O.CC.CN1Cc2cc(C#C[C@@H]3NC(=O)NC3=O)ccc2NC1=O. The van der Waals surface area contributed by atoms with Crippen molar-refractivity contribution >= 4 is 29.6 Å². The van der Waals surface area contributed by atoms with E-state index < -0.39 is 23.8 Å². The van der Waals surface area contributed by atoms with E-state index in [9.17, 15) is 23.6 Å². The van der Waals surface area contributed by atoms with Gasteiger partial charge < -0.3 is 25.2 Å². The number of rotatable bonds is 3. The van der Waals surface area contributed by atoms with Crippen molar-refractivity contribution in [2.75, 3.05) is 33.1 Å². The van der Waals surface area contributed by atoms with Gasteiger partial charge in [-0.15, -0.1) is 0 Å². The summed E-state index contributed by atoms with van der Waals surface area (Å²) in [6.07, 6.45) is 1.25. The van der Waals surface area contributed by atoms with Gasteiger partial charge in [0, 0.05) is 38.4 Å². The highest BCUT2D eigenvalue weighted by molar-refractivity contribution is 6.06. The number of methoxy groups -OCH3 is 1. The first-order valence-corrected chi connectivity index (χ1v) is 11.9. The first-order valence-electron chi connectivity index (χ1n) is 11.9. The van der Waals surface area contributed by atoms with Crippen LogP contribution in [0.15, 0.2) is 53.6 Å². The predicted octanol–water partition coefficient (Wildman–Crippen LogP) is 3.04. The summed E-state index contributed by atoms with van der Waals surface area (Å²) in [7, 11) is 4.68. The average Bonchev–Trinajstić information content (AvgIpc) is 3.35. The van der Waals surface area contributed by atoms with Crippen molar-refractivity contribution < 1.29 is 28.3 Å². The lowest BCUT2D eigenvalue weighted by molar-refractivity contribution is -0.124. The van der Waals surface area contributed by atoms with Gasteiger partial charge >= 0.3 is 12.1 Å². The number of nitrogens with one attached hydrogen (secondary N) is 3. The van der Waals surface area contributed by atoms with E-state index in [2.05, 4.69) is 34.4 Å². The first-order chi connectivity index (χ1) is 18.0. The molecule has 0 saturated carbocycles. The van der Waals surface area contributed by atoms with Crippen molar-refractivity contribution in [1.82, 2.24) is 20.4 Å². The average molecular weight is 526 g/mol. The summed E-state index contributed by atoms with van der Waals surface area (Å²) in [6.45, 7) is 10.1. The molecule has 0 aromatic heterocycles. The zero-order valence-electron chi connectivity index (χ0n) is 22.3. The highest BCUT2D eigenvalue weighted by Gasteiger charge is 2.30. The second kappa shape index (κ2) is 13.1. The number of hydrogen-bond donors (Lipinski definition) is 3. The fourth-order valence-corrected chi connectivity index (χ4v) is 3.68. The van der Waals surface area contributed by atoms with Crippen molar-refractivity contribution in [2.45, 2.75) is 33.4 Å². The van der Waals surface area contributed by atoms with Gasteiger partial charge in [-0.1, -0.05) is 32.3 Å². The first kappa shape index (κ1) is 29.6.